The third-order valence-electron chi connectivity index (χ3n) is 4.13. The molecule has 3 rings (SSSR count). The van der Waals surface area contributed by atoms with E-state index in [0.717, 1.165) is 23.4 Å². The maximum absolute atomic E-state index is 12.6. The van der Waals surface area contributed by atoms with Crippen LogP contribution in [-0.4, -0.2) is 39.8 Å². The molecule has 6 heteroatoms. The van der Waals surface area contributed by atoms with E-state index in [0.29, 0.717) is 12.4 Å². The summed E-state index contributed by atoms with van der Waals surface area (Å²) >= 11 is 0. The number of carbonyl (C=O) groups is 1. The van der Waals surface area contributed by atoms with Gasteiger partial charge in [-0.15, -0.1) is 0 Å². The Morgan fingerprint density at radius 3 is 2.50 bits per heavy atom. The van der Waals surface area contributed by atoms with Gasteiger partial charge in [-0.3, -0.25) is 9.58 Å². The number of aromatic nitrogens is 2. The van der Waals surface area contributed by atoms with Gasteiger partial charge in [0, 0.05) is 37.3 Å². The van der Waals surface area contributed by atoms with E-state index in [4.69, 9.17) is 5.73 Å². The van der Waals surface area contributed by atoms with E-state index in [-0.39, 0.29) is 12.1 Å². The lowest BCUT2D eigenvalue weighted by atomic mass is 10.1. The standard InChI is InChI=1S/C16H21N5O/c1-11(2)20-8-9-21(16(20)22)14-7-5-4-6-12(14)13-10-18-19(3)15(13)17/h4-7,10-11H,8-9,17H2,1-3H3. The predicted molar refractivity (Wildman–Crippen MR) is 87.6 cm³/mol. The minimum Gasteiger partial charge on any atom is -0.383 e. The molecule has 2 amide bonds. The normalized spacial score (nSPS) is 15.2. The number of hydrogen-bond acceptors (Lipinski definition) is 3. The van der Waals surface area contributed by atoms with E-state index in [1.165, 1.54) is 0 Å². The van der Waals surface area contributed by atoms with Crippen molar-refractivity contribution in [3.05, 3.63) is 30.5 Å². The van der Waals surface area contributed by atoms with Crippen LogP contribution < -0.4 is 10.6 Å². The number of aryl methyl sites for hydroxylation is 1. The van der Waals surface area contributed by atoms with Gasteiger partial charge in [-0.05, 0) is 19.9 Å². The molecule has 2 aromatic rings. The zero-order valence-corrected chi connectivity index (χ0v) is 13.2. The van der Waals surface area contributed by atoms with Gasteiger partial charge in [0.05, 0.1) is 11.9 Å². The third kappa shape index (κ3) is 2.20. The molecule has 0 atom stereocenters. The summed E-state index contributed by atoms with van der Waals surface area (Å²) in [5, 5.41) is 4.20. The number of nitrogens with two attached hydrogens (primary N) is 1. The van der Waals surface area contributed by atoms with Gasteiger partial charge in [0.15, 0.2) is 0 Å². The van der Waals surface area contributed by atoms with Crippen molar-refractivity contribution in [3.63, 3.8) is 0 Å². The van der Waals surface area contributed by atoms with E-state index in [1.807, 2.05) is 55.0 Å². The molecule has 0 bridgehead atoms. The molecule has 2 heterocycles. The van der Waals surface area contributed by atoms with Crippen LogP contribution in [0.1, 0.15) is 13.8 Å². The number of carbonyl (C=O) groups excluding carboxylic acids is 1. The van der Waals surface area contributed by atoms with Crippen molar-refractivity contribution < 1.29 is 4.79 Å². The van der Waals surface area contributed by atoms with Crippen molar-refractivity contribution in [1.82, 2.24) is 14.7 Å². The lowest BCUT2D eigenvalue weighted by molar-refractivity contribution is 0.209. The molecular weight excluding hydrogens is 278 g/mol. The Morgan fingerprint density at radius 1 is 1.18 bits per heavy atom. The first-order valence-corrected chi connectivity index (χ1v) is 7.45. The summed E-state index contributed by atoms with van der Waals surface area (Å²) in [6.07, 6.45) is 1.74. The monoisotopic (exact) mass is 299 g/mol. The largest absolute Gasteiger partial charge is 0.383 e. The zero-order valence-electron chi connectivity index (χ0n) is 13.2. The van der Waals surface area contributed by atoms with E-state index in [1.54, 1.807) is 10.9 Å². The van der Waals surface area contributed by atoms with Crippen LogP contribution in [0.4, 0.5) is 16.3 Å². The van der Waals surface area contributed by atoms with Gasteiger partial charge >= 0.3 is 6.03 Å². The van der Waals surface area contributed by atoms with Crippen molar-refractivity contribution in [2.45, 2.75) is 19.9 Å². The Morgan fingerprint density at radius 2 is 1.91 bits per heavy atom. The lowest BCUT2D eigenvalue weighted by Crippen LogP contribution is -2.36. The van der Waals surface area contributed by atoms with Crippen molar-refractivity contribution in [2.24, 2.45) is 7.05 Å². The molecule has 0 spiro atoms. The van der Waals surface area contributed by atoms with E-state index < -0.39 is 0 Å². The van der Waals surface area contributed by atoms with Crippen LogP contribution in [0.25, 0.3) is 11.1 Å². The number of urea groups is 1. The smallest absolute Gasteiger partial charge is 0.324 e. The number of anilines is 2. The summed E-state index contributed by atoms with van der Waals surface area (Å²) < 4.78 is 1.64. The number of nitrogens with zero attached hydrogens (tertiary/aromatic N) is 4. The molecule has 0 radical (unpaired) electrons. The van der Waals surface area contributed by atoms with Crippen LogP contribution in [0, 0.1) is 0 Å². The van der Waals surface area contributed by atoms with Crippen molar-refractivity contribution in [1.29, 1.82) is 0 Å². The second-order valence-corrected chi connectivity index (χ2v) is 5.81. The maximum Gasteiger partial charge on any atom is 0.324 e. The highest BCUT2D eigenvalue weighted by molar-refractivity contribution is 5.99. The van der Waals surface area contributed by atoms with E-state index >= 15 is 0 Å². The number of benzene rings is 1. The molecule has 1 saturated heterocycles. The molecule has 1 aromatic heterocycles. The average Bonchev–Trinajstić information content (AvgIpc) is 3.03. The van der Waals surface area contributed by atoms with Gasteiger partial charge in [0.1, 0.15) is 5.82 Å². The second kappa shape index (κ2) is 5.36. The molecule has 0 aliphatic carbocycles. The summed E-state index contributed by atoms with van der Waals surface area (Å²) in [5.74, 6) is 0.597. The first-order chi connectivity index (χ1) is 10.5. The molecule has 0 saturated carbocycles. The highest BCUT2D eigenvalue weighted by Crippen LogP contribution is 2.35. The Labute approximate surface area is 130 Å². The fraction of sp³-hybridized carbons (Fsp3) is 0.375. The van der Waals surface area contributed by atoms with Crippen LogP contribution in [0.2, 0.25) is 0 Å². The number of amides is 2. The Hall–Kier alpha value is -2.50. The van der Waals surface area contributed by atoms with Gasteiger partial charge in [-0.1, -0.05) is 18.2 Å². The Bertz CT molecular complexity index is 706. The molecule has 0 unspecified atom stereocenters. The molecule has 22 heavy (non-hydrogen) atoms. The number of rotatable bonds is 3. The van der Waals surface area contributed by atoms with Crippen LogP contribution in [0.5, 0.6) is 0 Å². The fourth-order valence-corrected chi connectivity index (χ4v) is 2.85. The fourth-order valence-electron chi connectivity index (χ4n) is 2.85. The summed E-state index contributed by atoms with van der Waals surface area (Å²) in [5.41, 5.74) is 8.78. The summed E-state index contributed by atoms with van der Waals surface area (Å²) in [4.78, 5) is 16.3. The van der Waals surface area contributed by atoms with Crippen LogP contribution in [0.15, 0.2) is 30.5 Å². The minimum atomic E-state index is 0.0462. The second-order valence-electron chi connectivity index (χ2n) is 5.81. The Kier molecular flexibility index (Phi) is 3.52. The van der Waals surface area contributed by atoms with Crippen LogP contribution in [-0.2, 0) is 7.05 Å². The van der Waals surface area contributed by atoms with E-state index in [2.05, 4.69) is 5.10 Å². The van der Waals surface area contributed by atoms with Gasteiger partial charge in [-0.25, -0.2) is 4.79 Å². The van der Waals surface area contributed by atoms with E-state index in [9.17, 15) is 4.79 Å². The highest BCUT2D eigenvalue weighted by Gasteiger charge is 2.32. The number of para-hydroxylation sites is 1. The average molecular weight is 299 g/mol. The quantitative estimate of drug-likeness (QED) is 0.945. The number of hydrogen-bond donors (Lipinski definition) is 1. The van der Waals surface area contributed by atoms with Crippen molar-refractivity contribution in [3.8, 4) is 11.1 Å². The summed E-state index contributed by atoms with van der Waals surface area (Å²) in [6, 6.07) is 8.08. The molecule has 1 fully saturated rings. The van der Waals surface area contributed by atoms with Crippen molar-refractivity contribution in [2.75, 3.05) is 23.7 Å². The highest BCUT2D eigenvalue weighted by atomic mass is 16.2. The lowest BCUT2D eigenvalue weighted by Gasteiger charge is -2.23. The third-order valence-corrected chi connectivity index (χ3v) is 4.13. The molecular formula is C16H21N5O. The van der Waals surface area contributed by atoms with Gasteiger partial charge in [-0.2, -0.15) is 5.10 Å². The Balaban J connectivity index is 2.03. The first kappa shape index (κ1) is 14.4. The van der Waals surface area contributed by atoms with Gasteiger partial charge < -0.3 is 10.6 Å². The van der Waals surface area contributed by atoms with Gasteiger partial charge in [0.25, 0.3) is 0 Å². The van der Waals surface area contributed by atoms with Gasteiger partial charge in [0.2, 0.25) is 0 Å². The van der Waals surface area contributed by atoms with Crippen LogP contribution >= 0.6 is 0 Å². The maximum atomic E-state index is 12.6. The minimum absolute atomic E-state index is 0.0462. The van der Waals surface area contributed by atoms with Crippen LogP contribution in [0.3, 0.4) is 0 Å². The molecule has 116 valence electrons. The molecule has 6 nitrogen and oxygen atoms in total. The topological polar surface area (TPSA) is 67.4 Å². The SMILES string of the molecule is CC(C)N1CCN(c2ccccc2-c2cnn(C)c2N)C1=O. The summed E-state index contributed by atoms with van der Waals surface area (Å²) in [6.45, 7) is 5.50. The predicted octanol–water partition coefficient (Wildman–Crippen LogP) is 2.32. The summed E-state index contributed by atoms with van der Waals surface area (Å²) in [7, 11) is 1.81. The first-order valence-electron chi connectivity index (χ1n) is 7.45. The molecule has 1 aliphatic rings. The van der Waals surface area contributed by atoms with Crippen molar-refractivity contribution >= 4 is 17.5 Å². The number of nitrogen functional groups attached to an aromatic ring is 1. The molecule has 1 aromatic carbocycles. The molecule has 1 aliphatic heterocycles. The zero-order chi connectivity index (χ0) is 15.9. The molecule has 2 N–H and O–H groups in total.